The third kappa shape index (κ3) is 6.01. The second kappa shape index (κ2) is 11.1. The Labute approximate surface area is 239 Å². The van der Waals surface area contributed by atoms with Crippen molar-refractivity contribution in [1.29, 1.82) is 0 Å². The van der Waals surface area contributed by atoms with E-state index >= 15 is 0 Å². The molecule has 3 N–H and O–H groups in total. The fourth-order valence-electron chi connectivity index (χ4n) is 4.96. The van der Waals surface area contributed by atoms with Gasteiger partial charge in [0.05, 0.1) is 17.9 Å². The van der Waals surface area contributed by atoms with Gasteiger partial charge in [0.15, 0.2) is 17.3 Å². The van der Waals surface area contributed by atoms with Crippen LogP contribution in [-0.2, 0) is 22.4 Å². The molecule has 0 saturated carbocycles. The summed E-state index contributed by atoms with van der Waals surface area (Å²) in [5, 5.41) is 24.1. The topological polar surface area (TPSA) is 136 Å². The number of methoxy groups -OCH3 is 1. The van der Waals surface area contributed by atoms with E-state index in [4.69, 9.17) is 9.47 Å². The largest absolute Gasteiger partial charge is 0.484 e. The number of aromatic nitrogens is 5. The average molecular weight is 560 g/mol. The van der Waals surface area contributed by atoms with E-state index in [0.717, 1.165) is 16.8 Å². The zero-order valence-corrected chi connectivity index (χ0v) is 24.3. The summed E-state index contributed by atoms with van der Waals surface area (Å²) in [6, 6.07) is 12.9. The van der Waals surface area contributed by atoms with Gasteiger partial charge in [-0.3, -0.25) is 9.72 Å². The normalized spacial score (nSPS) is 17.2. The molecular formula is C30H37N7O4. The molecule has 11 nitrogen and oxygen atoms in total. The van der Waals surface area contributed by atoms with E-state index in [1.54, 1.807) is 13.2 Å². The van der Waals surface area contributed by atoms with Gasteiger partial charge in [-0.05, 0) is 49.9 Å². The highest BCUT2D eigenvalue weighted by atomic mass is 16.5. The summed E-state index contributed by atoms with van der Waals surface area (Å²) in [6.07, 6.45) is 3.09. The van der Waals surface area contributed by atoms with Crippen molar-refractivity contribution in [2.45, 2.75) is 77.2 Å². The molecule has 216 valence electrons. The molecule has 11 heteroatoms. The Kier molecular flexibility index (Phi) is 7.67. The number of benzene rings is 1. The highest BCUT2D eigenvalue weighted by Crippen LogP contribution is 2.39. The highest BCUT2D eigenvalue weighted by molar-refractivity contribution is 5.88. The number of aliphatic hydroxyl groups is 1. The van der Waals surface area contributed by atoms with Gasteiger partial charge in [-0.2, -0.15) is 0 Å². The zero-order valence-electron chi connectivity index (χ0n) is 24.3. The van der Waals surface area contributed by atoms with Crippen molar-refractivity contribution in [3.8, 4) is 5.75 Å². The molecule has 0 aliphatic heterocycles. The molecule has 2 atom stereocenters. The van der Waals surface area contributed by atoms with Gasteiger partial charge in [0.2, 0.25) is 0 Å². The van der Waals surface area contributed by atoms with Crippen molar-refractivity contribution in [1.82, 2.24) is 29.9 Å². The molecule has 0 unspecified atom stereocenters. The third-order valence-corrected chi connectivity index (χ3v) is 7.37. The van der Waals surface area contributed by atoms with E-state index in [1.807, 2.05) is 81.6 Å². The lowest BCUT2D eigenvalue weighted by atomic mass is 9.85. The smallest absolute Gasteiger partial charge is 0.320 e. The lowest BCUT2D eigenvalue weighted by molar-refractivity contribution is 0.0106. The minimum atomic E-state index is -0.616. The number of carbonyl (C=O) groups is 1. The predicted molar refractivity (Wildman–Crippen MR) is 154 cm³/mol. The van der Waals surface area contributed by atoms with E-state index in [9.17, 15) is 9.90 Å². The molecule has 1 aromatic carbocycles. The van der Waals surface area contributed by atoms with Crippen LogP contribution in [0.1, 0.15) is 88.1 Å². The van der Waals surface area contributed by atoms with E-state index in [2.05, 4.69) is 30.8 Å². The highest BCUT2D eigenvalue weighted by Gasteiger charge is 2.30. The Balaban J connectivity index is 1.33. The van der Waals surface area contributed by atoms with Gasteiger partial charge in [0.25, 0.3) is 0 Å². The van der Waals surface area contributed by atoms with Crippen LogP contribution in [0.3, 0.4) is 0 Å². The molecule has 5 rings (SSSR count). The number of aliphatic hydroxyl groups excluding tert-OH is 1. The molecule has 0 spiro atoms. The fraction of sp³-hybridized carbons (Fsp3) is 0.433. The summed E-state index contributed by atoms with van der Waals surface area (Å²) < 4.78 is 14.0. The number of anilines is 1. The predicted octanol–water partition coefficient (Wildman–Crippen LogP) is 4.97. The average Bonchev–Trinajstić information content (AvgIpc) is 3.38. The molecule has 0 fully saturated rings. The van der Waals surface area contributed by atoms with Crippen molar-refractivity contribution in [2.75, 3.05) is 12.4 Å². The van der Waals surface area contributed by atoms with Crippen molar-refractivity contribution in [3.63, 3.8) is 0 Å². The third-order valence-electron chi connectivity index (χ3n) is 7.37. The lowest BCUT2D eigenvalue weighted by Gasteiger charge is -2.32. The van der Waals surface area contributed by atoms with Gasteiger partial charge >= 0.3 is 6.03 Å². The van der Waals surface area contributed by atoms with E-state index in [0.29, 0.717) is 35.9 Å². The van der Waals surface area contributed by atoms with Gasteiger partial charge in [-0.15, -0.1) is 10.2 Å². The molecule has 3 heterocycles. The molecular weight excluding hydrogens is 522 g/mol. The number of fused-ring (bicyclic) bond motifs is 2. The Morgan fingerprint density at radius 3 is 2.51 bits per heavy atom. The summed E-state index contributed by atoms with van der Waals surface area (Å²) in [7, 11) is 1.65. The van der Waals surface area contributed by atoms with Gasteiger partial charge in [0.1, 0.15) is 29.9 Å². The number of amides is 2. The standard InChI is InChI=1S/C30H37N7O4/c1-29(2,3)23-15-24(33-25(17-38)32-23)34-28(39)31-21-12-13-22(20-10-8-7-9-19(20)21)41-18-11-14-26-35-36-27(37(26)16-18)30(4,5)40-6/h7-11,14-16,21-22,38H,12-13,17H2,1-6H3,(H2,31,32,33,34,39)/t21-,22+/m0/s1. The summed E-state index contributed by atoms with van der Waals surface area (Å²) >= 11 is 0. The number of nitrogens with zero attached hydrogens (tertiary/aromatic N) is 5. The van der Waals surface area contributed by atoms with E-state index < -0.39 is 5.60 Å². The summed E-state index contributed by atoms with van der Waals surface area (Å²) in [4.78, 5) is 21.7. The number of urea groups is 1. The van der Waals surface area contributed by atoms with Gasteiger partial charge in [-0.25, -0.2) is 14.8 Å². The fourth-order valence-corrected chi connectivity index (χ4v) is 4.96. The maximum absolute atomic E-state index is 13.1. The molecule has 41 heavy (non-hydrogen) atoms. The van der Waals surface area contributed by atoms with Crippen LogP contribution in [0, 0.1) is 0 Å². The SMILES string of the molecule is COC(C)(C)c1nnc2ccc(O[C@@H]3CC[C@H](NC(=O)Nc4cc(C(C)(C)C)nc(CO)n4)c4ccccc43)cn12. The van der Waals surface area contributed by atoms with Crippen LogP contribution in [0.4, 0.5) is 10.6 Å². The maximum Gasteiger partial charge on any atom is 0.320 e. The van der Waals surface area contributed by atoms with Crippen LogP contribution in [0.5, 0.6) is 5.75 Å². The van der Waals surface area contributed by atoms with Gasteiger partial charge in [0, 0.05) is 18.6 Å². The molecule has 1 aliphatic carbocycles. The summed E-state index contributed by atoms with van der Waals surface area (Å²) in [5.74, 6) is 1.98. The Morgan fingerprint density at radius 1 is 1.05 bits per heavy atom. The monoisotopic (exact) mass is 559 g/mol. The number of hydrogen-bond acceptors (Lipinski definition) is 8. The first-order valence-corrected chi connectivity index (χ1v) is 13.7. The molecule has 0 radical (unpaired) electrons. The minimum Gasteiger partial charge on any atom is -0.484 e. The first-order valence-electron chi connectivity index (χ1n) is 13.7. The zero-order chi connectivity index (χ0) is 29.4. The second-order valence-corrected chi connectivity index (χ2v) is 11.8. The number of pyridine rings is 1. The quantitative estimate of drug-likeness (QED) is 0.289. The molecule has 2 amide bonds. The molecule has 3 aromatic heterocycles. The maximum atomic E-state index is 13.1. The van der Waals surface area contributed by atoms with Gasteiger partial charge in [-0.1, -0.05) is 45.0 Å². The molecule has 4 aromatic rings. The first kappa shape index (κ1) is 28.4. The van der Waals surface area contributed by atoms with Crippen molar-refractivity contribution in [3.05, 3.63) is 77.1 Å². The lowest BCUT2D eigenvalue weighted by Crippen LogP contribution is -2.36. The number of ether oxygens (including phenoxy) is 2. The van der Waals surface area contributed by atoms with Crippen molar-refractivity contribution < 1.29 is 19.4 Å². The van der Waals surface area contributed by atoms with Crippen LogP contribution in [0.25, 0.3) is 5.65 Å². The van der Waals surface area contributed by atoms with Crippen molar-refractivity contribution in [2.24, 2.45) is 0 Å². The van der Waals surface area contributed by atoms with Crippen molar-refractivity contribution >= 4 is 17.5 Å². The summed E-state index contributed by atoms with van der Waals surface area (Å²) in [5.41, 5.74) is 2.58. The van der Waals surface area contributed by atoms with Gasteiger partial charge < -0.3 is 19.9 Å². The Bertz CT molecular complexity index is 1560. The second-order valence-electron chi connectivity index (χ2n) is 11.8. The summed E-state index contributed by atoms with van der Waals surface area (Å²) in [6.45, 7) is 9.62. The van der Waals surface area contributed by atoms with Crippen LogP contribution >= 0.6 is 0 Å². The van der Waals surface area contributed by atoms with E-state index in [1.165, 1.54) is 0 Å². The van der Waals surface area contributed by atoms with Crippen LogP contribution in [-0.4, -0.2) is 42.8 Å². The number of rotatable bonds is 7. The van der Waals surface area contributed by atoms with Crippen LogP contribution in [0.15, 0.2) is 48.7 Å². The Morgan fingerprint density at radius 2 is 1.80 bits per heavy atom. The molecule has 1 aliphatic rings. The Hall–Kier alpha value is -4.09. The number of nitrogens with one attached hydrogen (secondary N) is 2. The van der Waals surface area contributed by atoms with E-state index in [-0.39, 0.29) is 36.0 Å². The van der Waals surface area contributed by atoms with Crippen LogP contribution in [0.2, 0.25) is 0 Å². The molecule has 0 saturated heterocycles. The minimum absolute atomic E-state index is 0.191. The molecule has 0 bridgehead atoms. The number of carbonyl (C=O) groups excluding carboxylic acids is 1. The number of hydrogen-bond donors (Lipinski definition) is 3. The van der Waals surface area contributed by atoms with Crippen LogP contribution < -0.4 is 15.4 Å². The first-order chi connectivity index (χ1) is 19.5.